The molecule has 0 aliphatic heterocycles. The fourth-order valence-electron chi connectivity index (χ4n) is 2.57. The SMILES string of the molecule is O=C(Cc1ccccc1)c1ccccc1/C=C/c1cccc(F)c1. The summed E-state index contributed by atoms with van der Waals surface area (Å²) in [4.78, 5) is 12.6. The predicted octanol–water partition coefficient (Wildman–Crippen LogP) is 5.42. The van der Waals surface area contributed by atoms with Crippen LogP contribution in [-0.4, -0.2) is 5.78 Å². The van der Waals surface area contributed by atoms with Crippen LogP contribution in [0, 0.1) is 5.82 Å². The number of Topliss-reactive ketones (excluding diaryl/α,β-unsaturated/α-hetero) is 1. The smallest absolute Gasteiger partial charge is 0.167 e. The summed E-state index contributed by atoms with van der Waals surface area (Å²) in [7, 11) is 0. The van der Waals surface area contributed by atoms with Crippen LogP contribution in [0.25, 0.3) is 12.2 Å². The molecule has 0 aliphatic rings. The van der Waals surface area contributed by atoms with Gasteiger partial charge in [-0.2, -0.15) is 0 Å². The lowest BCUT2D eigenvalue weighted by atomic mass is 9.98. The Morgan fingerprint density at radius 3 is 2.38 bits per heavy atom. The van der Waals surface area contributed by atoms with Crippen LogP contribution in [0.4, 0.5) is 4.39 Å². The van der Waals surface area contributed by atoms with E-state index in [1.54, 1.807) is 6.07 Å². The second-order valence-electron chi connectivity index (χ2n) is 5.56. The van der Waals surface area contributed by atoms with Crippen molar-refractivity contribution in [1.82, 2.24) is 0 Å². The van der Waals surface area contributed by atoms with Gasteiger partial charge in [0, 0.05) is 12.0 Å². The van der Waals surface area contributed by atoms with Gasteiger partial charge in [0.05, 0.1) is 0 Å². The summed E-state index contributed by atoms with van der Waals surface area (Å²) in [5.41, 5.74) is 3.27. The Labute approximate surface area is 141 Å². The van der Waals surface area contributed by atoms with Crippen molar-refractivity contribution in [2.75, 3.05) is 0 Å². The first-order valence-electron chi connectivity index (χ1n) is 7.82. The molecule has 0 bridgehead atoms. The molecule has 0 aliphatic carbocycles. The van der Waals surface area contributed by atoms with Gasteiger partial charge in [0.1, 0.15) is 5.82 Å². The molecule has 0 fully saturated rings. The van der Waals surface area contributed by atoms with Crippen molar-refractivity contribution in [2.45, 2.75) is 6.42 Å². The third kappa shape index (κ3) is 4.05. The lowest BCUT2D eigenvalue weighted by molar-refractivity contribution is 0.0993. The van der Waals surface area contributed by atoms with Gasteiger partial charge >= 0.3 is 0 Å². The fraction of sp³-hybridized carbons (Fsp3) is 0.0455. The molecular weight excluding hydrogens is 299 g/mol. The summed E-state index contributed by atoms with van der Waals surface area (Å²) in [5, 5.41) is 0. The Bertz CT molecular complexity index is 866. The largest absolute Gasteiger partial charge is 0.294 e. The van der Waals surface area contributed by atoms with Gasteiger partial charge in [-0.15, -0.1) is 0 Å². The van der Waals surface area contributed by atoms with Crippen LogP contribution in [-0.2, 0) is 6.42 Å². The van der Waals surface area contributed by atoms with Crippen LogP contribution in [0.5, 0.6) is 0 Å². The normalized spacial score (nSPS) is 10.9. The van der Waals surface area contributed by atoms with Gasteiger partial charge in [0.2, 0.25) is 0 Å². The van der Waals surface area contributed by atoms with Gasteiger partial charge in [0.25, 0.3) is 0 Å². The average molecular weight is 316 g/mol. The van der Waals surface area contributed by atoms with E-state index in [-0.39, 0.29) is 11.6 Å². The van der Waals surface area contributed by atoms with Gasteiger partial charge in [-0.05, 0) is 28.8 Å². The molecule has 0 N–H and O–H groups in total. The maximum Gasteiger partial charge on any atom is 0.167 e. The minimum absolute atomic E-state index is 0.0701. The molecular formula is C22H17FO. The van der Waals surface area contributed by atoms with E-state index in [0.717, 1.165) is 16.7 Å². The van der Waals surface area contributed by atoms with Gasteiger partial charge in [-0.1, -0.05) is 78.9 Å². The first kappa shape index (κ1) is 15.9. The van der Waals surface area contributed by atoms with Crippen LogP contribution >= 0.6 is 0 Å². The summed E-state index contributed by atoms with van der Waals surface area (Å²) in [6, 6.07) is 23.5. The first-order valence-corrected chi connectivity index (χ1v) is 7.82. The average Bonchev–Trinajstić information content (AvgIpc) is 2.61. The summed E-state index contributed by atoms with van der Waals surface area (Å²) < 4.78 is 13.3. The van der Waals surface area contributed by atoms with Crippen LogP contribution in [0.2, 0.25) is 0 Å². The topological polar surface area (TPSA) is 17.1 Å². The molecule has 3 rings (SSSR count). The molecule has 0 aromatic heterocycles. The molecule has 0 saturated carbocycles. The van der Waals surface area contributed by atoms with E-state index in [1.165, 1.54) is 12.1 Å². The highest BCUT2D eigenvalue weighted by Gasteiger charge is 2.10. The number of halogens is 1. The third-order valence-electron chi connectivity index (χ3n) is 3.77. The summed E-state index contributed by atoms with van der Waals surface area (Å²) in [5.74, 6) is -0.203. The lowest BCUT2D eigenvalue weighted by Gasteiger charge is -2.05. The maximum atomic E-state index is 13.3. The van der Waals surface area contributed by atoms with E-state index >= 15 is 0 Å². The lowest BCUT2D eigenvalue weighted by Crippen LogP contribution is -2.05. The highest BCUT2D eigenvalue weighted by atomic mass is 19.1. The Balaban J connectivity index is 1.84. The van der Waals surface area contributed by atoms with E-state index in [1.807, 2.05) is 72.8 Å². The van der Waals surface area contributed by atoms with Gasteiger partial charge in [0.15, 0.2) is 5.78 Å². The summed E-state index contributed by atoms with van der Waals surface area (Å²) in [6.45, 7) is 0. The maximum absolute atomic E-state index is 13.3. The van der Waals surface area contributed by atoms with Crippen LogP contribution in [0.3, 0.4) is 0 Å². The van der Waals surface area contributed by atoms with Crippen molar-refractivity contribution in [1.29, 1.82) is 0 Å². The van der Waals surface area contributed by atoms with E-state index in [9.17, 15) is 9.18 Å². The molecule has 3 aromatic rings. The molecule has 0 heterocycles. The standard InChI is InChI=1S/C22H17FO/c23-20-11-6-9-18(15-20)13-14-19-10-4-5-12-21(19)22(24)16-17-7-2-1-3-8-17/h1-15H,16H2/b14-13+. The monoisotopic (exact) mass is 316 g/mol. The van der Waals surface area contributed by atoms with Crippen molar-refractivity contribution in [3.8, 4) is 0 Å². The van der Waals surface area contributed by atoms with Crippen molar-refractivity contribution in [3.05, 3.63) is 107 Å². The molecule has 0 amide bonds. The van der Waals surface area contributed by atoms with Gasteiger partial charge in [-0.25, -0.2) is 4.39 Å². The summed E-state index contributed by atoms with van der Waals surface area (Å²) in [6.07, 6.45) is 4.04. The Morgan fingerprint density at radius 1 is 0.833 bits per heavy atom. The van der Waals surface area contributed by atoms with Crippen LogP contribution in [0.1, 0.15) is 27.0 Å². The van der Waals surface area contributed by atoms with Crippen LogP contribution in [0.15, 0.2) is 78.9 Å². The number of carbonyl (C=O) groups excluding carboxylic acids is 1. The van der Waals surface area contributed by atoms with Crippen molar-refractivity contribution < 1.29 is 9.18 Å². The second kappa shape index (κ2) is 7.51. The van der Waals surface area contributed by atoms with Crippen molar-refractivity contribution >= 4 is 17.9 Å². The van der Waals surface area contributed by atoms with Gasteiger partial charge in [-0.3, -0.25) is 4.79 Å². The van der Waals surface area contributed by atoms with Crippen molar-refractivity contribution in [3.63, 3.8) is 0 Å². The Morgan fingerprint density at radius 2 is 1.58 bits per heavy atom. The van der Waals surface area contributed by atoms with E-state index in [2.05, 4.69) is 0 Å². The second-order valence-corrected chi connectivity index (χ2v) is 5.56. The predicted molar refractivity (Wildman–Crippen MR) is 96.2 cm³/mol. The minimum Gasteiger partial charge on any atom is -0.294 e. The molecule has 3 aromatic carbocycles. The Kier molecular flexibility index (Phi) is 4.97. The number of benzene rings is 3. The molecule has 0 radical (unpaired) electrons. The minimum atomic E-state index is -0.273. The molecule has 2 heteroatoms. The zero-order chi connectivity index (χ0) is 16.8. The number of ketones is 1. The van der Waals surface area contributed by atoms with Crippen LogP contribution < -0.4 is 0 Å². The fourth-order valence-corrected chi connectivity index (χ4v) is 2.57. The van der Waals surface area contributed by atoms with E-state index < -0.39 is 0 Å². The zero-order valence-corrected chi connectivity index (χ0v) is 13.2. The number of hydrogen-bond acceptors (Lipinski definition) is 1. The van der Waals surface area contributed by atoms with E-state index in [4.69, 9.17) is 0 Å². The van der Waals surface area contributed by atoms with Gasteiger partial charge < -0.3 is 0 Å². The molecule has 0 saturated heterocycles. The number of carbonyl (C=O) groups is 1. The highest BCUT2D eigenvalue weighted by Crippen LogP contribution is 2.16. The molecule has 24 heavy (non-hydrogen) atoms. The molecule has 0 unspecified atom stereocenters. The third-order valence-corrected chi connectivity index (χ3v) is 3.77. The Hall–Kier alpha value is -3.00. The molecule has 0 atom stereocenters. The summed E-state index contributed by atoms with van der Waals surface area (Å²) >= 11 is 0. The number of hydrogen-bond donors (Lipinski definition) is 0. The highest BCUT2D eigenvalue weighted by molar-refractivity contribution is 6.01. The van der Waals surface area contributed by atoms with E-state index in [0.29, 0.717) is 12.0 Å². The molecule has 0 spiro atoms. The van der Waals surface area contributed by atoms with Crippen molar-refractivity contribution in [2.24, 2.45) is 0 Å². The quantitative estimate of drug-likeness (QED) is 0.453. The first-order chi connectivity index (χ1) is 11.7. The zero-order valence-electron chi connectivity index (χ0n) is 13.2. The number of rotatable bonds is 5. The molecule has 118 valence electrons. The molecule has 1 nitrogen and oxygen atoms in total.